The van der Waals surface area contributed by atoms with Crippen LogP contribution in [0.5, 0.6) is 5.88 Å². The Bertz CT molecular complexity index is 668. The van der Waals surface area contributed by atoms with E-state index in [4.69, 9.17) is 9.47 Å². The molecule has 1 saturated carbocycles. The molecule has 6 nitrogen and oxygen atoms in total. The van der Waals surface area contributed by atoms with Gasteiger partial charge in [-0.05, 0) is 44.6 Å². The standard InChI is InChI=1S/C21H33F3N4O2.HI/c1-3-25-19(28-15-20(9-5-6-10-20)11-13-29-4-2)27-14-17-8-7-12-26-18(17)30-16-21(22,23)24;/h7-8,12H,3-6,9-11,13-16H2,1-2H3,(H2,25,27,28);1H. The quantitative estimate of drug-likeness (QED) is 0.179. The monoisotopic (exact) mass is 558 g/mol. The fourth-order valence-electron chi connectivity index (χ4n) is 3.67. The van der Waals surface area contributed by atoms with Gasteiger partial charge in [-0.25, -0.2) is 9.98 Å². The van der Waals surface area contributed by atoms with E-state index in [1.165, 1.54) is 19.0 Å². The molecular weight excluding hydrogens is 524 g/mol. The van der Waals surface area contributed by atoms with E-state index >= 15 is 0 Å². The predicted octanol–water partition coefficient (Wildman–Crippen LogP) is 4.68. The second-order valence-electron chi connectivity index (χ2n) is 7.57. The van der Waals surface area contributed by atoms with Gasteiger partial charge in [0.1, 0.15) is 0 Å². The van der Waals surface area contributed by atoms with E-state index in [9.17, 15) is 13.2 Å². The maximum atomic E-state index is 12.5. The second kappa shape index (κ2) is 14.0. The van der Waals surface area contributed by atoms with Gasteiger partial charge >= 0.3 is 6.18 Å². The number of ether oxygens (including phenoxy) is 2. The van der Waals surface area contributed by atoms with E-state index in [1.54, 1.807) is 12.1 Å². The lowest BCUT2D eigenvalue weighted by molar-refractivity contribution is -0.154. The lowest BCUT2D eigenvalue weighted by Crippen LogP contribution is -2.43. The van der Waals surface area contributed by atoms with Crippen molar-refractivity contribution in [1.29, 1.82) is 0 Å². The summed E-state index contributed by atoms with van der Waals surface area (Å²) in [7, 11) is 0. The van der Waals surface area contributed by atoms with Crippen molar-refractivity contribution in [2.24, 2.45) is 10.4 Å². The van der Waals surface area contributed by atoms with E-state index in [2.05, 4.69) is 20.6 Å². The van der Waals surface area contributed by atoms with Gasteiger partial charge in [0.05, 0.1) is 6.54 Å². The van der Waals surface area contributed by atoms with Crippen LogP contribution in [0.25, 0.3) is 0 Å². The molecule has 0 saturated heterocycles. The average Bonchev–Trinajstić information content (AvgIpc) is 3.18. The van der Waals surface area contributed by atoms with Crippen LogP contribution in [0, 0.1) is 5.41 Å². The van der Waals surface area contributed by atoms with Gasteiger partial charge in [0, 0.05) is 38.1 Å². The molecule has 0 aliphatic heterocycles. The van der Waals surface area contributed by atoms with Gasteiger partial charge in [0.25, 0.3) is 0 Å². The minimum absolute atomic E-state index is 0. The first kappa shape index (κ1) is 27.7. The Balaban J connectivity index is 0.00000480. The molecule has 1 aliphatic rings. The number of halogens is 4. The average molecular weight is 558 g/mol. The lowest BCUT2D eigenvalue weighted by atomic mass is 9.83. The molecule has 1 fully saturated rings. The summed E-state index contributed by atoms with van der Waals surface area (Å²) in [6.45, 7) is 5.71. The first-order valence-corrected chi connectivity index (χ1v) is 10.6. The summed E-state index contributed by atoms with van der Waals surface area (Å²) >= 11 is 0. The van der Waals surface area contributed by atoms with Crippen LogP contribution in [0.3, 0.4) is 0 Å². The summed E-state index contributed by atoms with van der Waals surface area (Å²) in [6.07, 6.45) is 2.75. The van der Waals surface area contributed by atoms with Gasteiger partial charge in [-0.1, -0.05) is 18.9 Å². The molecule has 1 aliphatic carbocycles. The van der Waals surface area contributed by atoms with Gasteiger partial charge in [-0.2, -0.15) is 13.2 Å². The first-order chi connectivity index (χ1) is 14.4. The third-order valence-corrected chi connectivity index (χ3v) is 5.25. The number of aliphatic imine (C=N–C) groups is 1. The number of pyridine rings is 1. The molecule has 0 unspecified atom stereocenters. The summed E-state index contributed by atoms with van der Waals surface area (Å²) in [5.74, 6) is 0.587. The van der Waals surface area contributed by atoms with Crippen LogP contribution in [0.1, 0.15) is 51.5 Å². The number of rotatable bonds is 11. The molecule has 0 radical (unpaired) electrons. The molecule has 1 aromatic rings. The molecule has 0 amide bonds. The Morgan fingerprint density at radius 2 is 1.97 bits per heavy atom. The summed E-state index contributed by atoms with van der Waals surface area (Å²) in [5, 5.41) is 6.62. The zero-order valence-corrected chi connectivity index (χ0v) is 20.6. The van der Waals surface area contributed by atoms with Crippen LogP contribution in [0.2, 0.25) is 0 Å². The largest absolute Gasteiger partial charge is 0.468 e. The van der Waals surface area contributed by atoms with E-state index in [1.807, 2.05) is 13.8 Å². The van der Waals surface area contributed by atoms with Crippen LogP contribution >= 0.6 is 24.0 Å². The van der Waals surface area contributed by atoms with Crippen molar-refractivity contribution in [3.63, 3.8) is 0 Å². The van der Waals surface area contributed by atoms with Gasteiger partial charge in [-0.15, -0.1) is 24.0 Å². The van der Waals surface area contributed by atoms with Crippen molar-refractivity contribution in [3.8, 4) is 5.88 Å². The summed E-state index contributed by atoms with van der Waals surface area (Å²) < 4.78 is 47.8. The lowest BCUT2D eigenvalue weighted by Gasteiger charge is -2.30. The number of alkyl halides is 3. The molecule has 31 heavy (non-hydrogen) atoms. The molecule has 1 heterocycles. The Morgan fingerprint density at radius 3 is 2.61 bits per heavy atom. The number of nitrogens with zero attached hydrogens (tertiary/aromatic N) is 2. The van der Waals surface area contributed by atoms with E-state index < -0.39 is 12.8 Å². The highest BCUT2D eigenvalue weighted by atomic mass is 127. The smallest absolute Gasteiger partial charge is 0.422 e. The number of nitrogens with one attached hydrogen (secondary N) is 2. The maximum Gasteiger partial charge on any atom is 0.422 e. The number of hydrogen-bond donors (Lipinski definition) is 2. The van der Waals surface area contributed by atoms with Gasteiger partial charge in [0.15, 0.2) is 12.6 Å². The number of hydrogen-bond acceptors (Lipinski definition) is 4. The normalized spacial score (nSPS) is 16.0. The Hall–Kier alpha value is -1.30. The minimum atomic E-state index is -4.41. The molecule has 0 bridgehead atoms. The highest BCUT2D eigenvalue weighted by molar-refractivity contribution is 14.0. The Morgan fingerprint density at radius 1 is 1.23 bits per heavy atom. The highest BCUT2D eigenvalue weighted by Gasteiger charge is 2.33. The van der Waals surface area contributed by atoms with Crippen molar-refractivity contribution in [2.75, 3.05) is 32.9 Å². The highest BCUT2D eigenvalue weighted by Crippen LogP contribution is 2.40. The molecule has 0 atom stereocenters. The molecule has 178 valence electrons. The zero-order chi connectivity index (χ0) is 21.9. The molecular formula is C21H34F3IN4O2. The number of guanidine groups is 1. The van der Waals surface area contributed by atoms with Gasteiger partial charge < -0.3 is 20.1 Å². The van der Waals surface area contributed by atoms with Crippen LogP contribution in [-0.2, 0) is 11.3 Å². The SMILES string of the molecule is CCNC(=NCc1cccnc1OCC(F)(F)F)NCC1(CCOCC)CCCC1.I. The molecule has 10 heteroatoms. The Labute approximate surface area is 199 Å². The molecule has 1 aromatic heterocycles. The van der Waals surface area contributed by atoms with Crippen molar-refractivity contribution in [1.82, 2.24) is 15.6 Å². The first-order valence-electron chi connectivity index (χ1n) is 10.6. The molecule has 2 rings (SSSR count). The maximum absolute atomic E-state index is 12.5. The summed E-state index contributed by atoms with van der Waals surface area (Å²) in [6, 6.07) is 3.33. The fraction of sp³-hybridized carbons (Fsp3) is 0.714. The van der Waals surface area contributed by atoms with Crippen molar-refractivity contribution < 1.29 is 22.6 Å². The van der Waals surface area contributed by atoms with Crippen LogP contribution in [-0.4, -0.2) is 50.0 Å². The number of aromatic nitrogens is 1. The topological polar surface area (TPSA) is 67.8 Å². The minimum Gasteiger partial charge on any atom is -0.468 e. The van der Waals surface area contributed by atoms with Crippen LogP contribution < -0.4 is 15.4 Å². The molecule has 2 N–H and O–H groups in total. The van der Waals surface area contributed by atoms with Crippen molar-refractivity contribution >= 4 is 29.9 Å². The fourth-order valence-corrected chi connectivity index (χ4v) is 3.67. The van der Waals surface area contributed by atoms with Crippen LogP contribution in [0.4, 0.5) is 13.2 Å². The van der Waals surface area contributed by atoms with Crippen molar-refractivity contribution in [3.05, 3.63) is 23.9 Å². The van der Waals surface area contributed by atoms with Crippen molar-refractivity contribution in [2.45, 2.75) is 58.7 Å². The van der Waals surface area contributed by atoms with Crippen LogP contribution in [0.15, 0.2) is 23.3 Å². The predicted molar refractivity (Wildman–Crippen MR) is 126 cm³/mol. The van der Waals surface area contributed by atoms with E-state index in [-0.39, 0.29) is 41.8 Å². The van der Waals surface area contributed by atoms with E-state index in [0.29, 0.717) is 18.1 Å². The summed E-state index contributed by atoms with van der Waals surface area (Å²) in [4.78, 5) is 8.46. The van der Waals surface area contributed by atoms with Gasteiger partial charge in [0.2, 0.25) is 5.88 Å². The zero-order valence-electron chi connectivity index (χ0n) is 18.3. The third-order valence-electron chi connectivity index (χ3n) is 5.25. The molecule has 0 spiro atoms. The third kappa shape index (κ3) is 10.2. The summed E-state index contributed by atoms with van der Waals surface area (Å²) in [5.41, 5.74) is 0.701. The van der Waals surface area contributed by atoms with E-state index in [0.717, 1.165) is 39.0 Å². The second-order valence-corrected chi connectivity index (χ2v) is 7.57. The van der Waals surface area contributed by atoms with Gasteiger partial charge in [-0.3, -0.25) is 0 Å². The molecule has 0 aromatic carbocycles. The Kier molecular flexibility index (Phi) is 12.5.